The normalized spacial score (nSPS) is 10.5. The number of hydrogen-bond donors (Lipinski definition) is 2. The first kappa shape index (κ1) is 18.5. The molecule has 0 aliphatic carbocycles. The molecule has 1 heterocycles. The summed E-state index contributed by atoms with van der Waals surface area (Å²) in [4.78, 5) is 16.8. The van der Waals surface area contributed by atoms with Crippen molar-refractivity contribution < 1.29 is 9.53 Å². The highest BCUT2D eigenvalue weighted by Crippen LogP contribution is 2.19. The molecule has 1 aromatic heterocycles. The second-order valence-electron chi connectivity index (χ2n) is 6.57. The van der Waals surface area contributed by atoms with Crippen LogP contribution in [0.25, 0.3) is 0 Å². The molecule has 0 aliphatic heterocycles. The molecule has 5 nitrogen and oxygen atoms in total. The number of rotatable bonds is 6. The van der Waals surface area contributed by atoms with Crippen LogP contribution in [-0.2, 0) is 0 Å². The van der Waals surface area contributed by atoms with Crippen molar-refractivity contribution >= 4 is 23.1 Å². The van der Waals surface area contributed by atoms with Gasteiger partial charge in [-0.15, -0.1) is 0 Å². The smallest absolute Gasteiger partial charge is 0.255 e. The minimum absolute atomic E-state index is 0.113. The number of carbonyl (C=O) groups is 1. The van der Waals surface area contributed by atoms with Crippen LogP contribution < -0.4 is 15.4 Å². The predicted molar refractivity (Wildman–Crippen MR) is 109 cm³/mol. The third kappa shape index (κ3) is 5.31. The molecule has 0 fully saturated rings. The molecular weight excluding hydrogens is 338 g/mol. The highest BCUT2D eigenvalue weighted by molar-refractivity contribution is 6.04. The van der Waals surface area contributed by atoms with Crippen LogP contribution in [0.15, 0.2) is 66.9 Å². The number of hydrogen-bond acceptors (Lipinski definition) is 4. The number of pyridine rings is 1. The van der Waals surface area contributed by atoms with Crippen LogP contribution in [0, 0.1) is 6.92 Å². The molecule has 3 aromatic rings. The first-order chi connectivity index (χ1) is 13.0. The molecule has 0 saturated heterocycles. The van der Waals surface area contributed by atoms with Crippen molar-refractivity contribution in [2.45, 2.75) is 26.9 Å². The fourth-order valence-electron chi connectivity index (χ4n) is 2.52. The Morgan fingerprint density at radius 1 is 0.963 bits per heavy atom. The summed E-state index contributed by atoms with van der Waals surface area (Å²) >= 11 is 0. The molecule has 27 heavy (non-hydrogen) atoms. The number of nitrogens with one attached hydrogen (secondary N) is 2. The van der Waals surface area contributed by atoms with Gasteiger partial charge >= 0.3 is 0 Å². The summed E-state index contributed by atoms with van der Waals surface area (Å²) in [5.41, 5.74) is 3.35. The molecule has 2 N–H and O–H groups in total. The molecule has 138 valence electrons. The van der Waals surface area contributed by atoms with Gasteiger partial charge in [0, 0.05) is 23.1 Å². The minimum atomic E-state index is -0.193. The van der Waals surface area contributed by atoms with Crippen LogP contribution >= 0.6 is 0 Å². The lowest BCUT2D eigenvalue weighted by Crippen LogP contribution is -2.12. The van der Waals surface area contributed by atoms with Gasteiger partial charge in [0.25, 0.3) is 5.91 Å². The SMILES string of the molecule is Cc1ccc(Nc2cc(C(=O)Nc3ccc(OC(C)C)cc3)ccn2)cc1. The van der Waals surface area contributed by atoms with E-state index in [4.69, 9.17) is 4.74 Å². The standard InChI is InChI=1S/C22H23N3O2/c1-15(2)27-20-10-8-19(9-11-20)25-22(26)17-12-13-23-21(14-17)24-18-6-4-16(3)5-7-18/h4-15H,1-3H3,(H,23,24)(H,25,26). The van der Waals surface area contributed by atoms with Gasteiger partial charge < -0.3 is 15.4 Å². The van der Waals surface area contributed by atoms with Crippen molar-refractivity contribution in [1.29, 1.82) is 0 Å². The summed E-state index contributed by atoms with van der Waals surface area (Å²) in [5, 5.41) is 6.10. The van der Waals surface area contributed by atoms with Crippen LogP contribution in [0.3, 0.4) is 0 Å². The van der Waals surface area contributed by atoms with Crippen LogP contribution in [0.5, 0.6) is 5.75 Å². The van der Waals surface area contributed by atoms with Gasteiger partial charge in [-0.2, -0.15) is 0 Å². The van der Waals surface area contributed by atoms with E-state index in [2.05, 4.69) is 15.6 Å². The fraction of sp³-hybridized carbons (Fsp3) is 0.182. The van der Waals surface area contributed by atoms with E-state index >= 15 is 0 Å². The number of ether oxygens (including phenoxy) is 1. The molecule has 0 saturated carbocycles. The maximum Gasteiger partial charge on any atom is 0.255 e. The molecule has 0 bridgehead atoms. The molecule has 0 atom stereocenters. The third-order valence-electron chi connectivity index (χ3n) is 3.83. The number of nitrogens with zero attached hydrogens (tertiary/aromatic N) is 1. The van der Waals surface area contributed by atoms with E-state index in [1.807, 2.05) is 69.3 Å². The van der Waals surface area contributed by atoms with E-state index in [0.29, 0.717) is 17.1 Å². The molecule has 2 aromatic carbocycles. The number of benzene rings is 2. The number of anilines is 3. The highest BCUT2D eigenvalue weighted by Gasteiger charge is 2.08. The second-order valence-corrected chi connectivity index (χ2v) is 6.57. The Hall–Kier alpha value is -3.34. The maximum absolute atomic E-state index is 12.5. The summed E-state index contributed by atoms with van der Waals surface area (Å²) in [7, 11) is 0. The molecule has 0 radical (unpaired) electrons. The van der Waals surface area contributed by atoms with Gasteiger partial charge in [0.15, 0.2) is 0 Å². The molecule has 0 unspecified atom stereocenters. The van der Waals surface area contributed by atoms with E-state index in [1.165, 1.54) is 5.56 Å². The number of amides is 1. The van der Waals surface area contributed by atoms with Crippen LogP contribution in [-0.4, -0.2) is 17.0 Å². The fourth-order valence-corrected chi connectivity index (χ4v) is 2.52. The first-order valence-corrected chi connectivity index (χ1v) is 8.87. The largest absolute Gasteiger partial charge is 0.491 e. The van der Waals surface area contributed by atoms with Gasteiger partial charge in [0.2, 0.25) is 0 Å². The lowest BCUT2D eigenvalue weighted by atomic mass is 10.2. The lowest BCUT2D eigenvalue weighted by Gasteiger charge is -2.11. The summed E-state index contributed by atoms with van der Waals surface area (Å²) in [6.07, 6.45) is 1.73. The van der Waals surface area contributed by atoms with E-state index in [1.54, 1.807) is 18.3 Å². The summed E-state index contributed by atoms with van der Waals surface area (Å²) in [5.74, 6) is 1.20. The zero-order valence-corrected chi connectivity index (χ0v) is 15.7. The zero-order chi connectivity index (χ0) is 19.2. The summed E-state index contributed by atoms with van der Waals surface area (Å²) in [6.45, 7) is 5.98. The second kappa shape index (κ2) is 8.36. The van der Waals surface area contributed by atoms with Gasteiger partial charge in [0.1, 0.15) is 11.6 Å². The average Bonchev–Trinajstić information content (AvgIpc) is 2.65. The monoisotopic (exact) mass is 361 g/mol. The summed E-state index contributed by atoms with van der Waals surface area (Å²) < 4.78 is 5.61. The van der Waals surface area contributed by atoms with Crippen molar-refractivity contribution in [3.05, 3.63) is 78.0 Å². The van der Waals surface area contributed by atoms with Crippen molar-refractivity contribution in [1.82, 2.24) is 4.98 Å². The highest BCUT2D eigenvalue weighted by atomic mass is 16.5. The number of aryl methyl sites for hydroxylation is 1. The molecular formula is C22H23N3O2. The van der Waals surface area contributed by atoms with E-state index < -0.39 is 0 Å². The molecule has 3 rings (SSSR count). The van der Waals surface area contributed by atoms with Gasteiger partial charge in [-0.3, -0.25) is 4.79 Å². The Kier molecular flexibility index (Phi) is 5.71. The van der Waals surface area contributed by atoms with E-state index in [0.717, 1.165) is 11.4 Å². The van der Waals surface area contributed by atoms with Gasteiger partial charge in [-0.05, 0) is 69.3 Å². The number of aromatic nitrogens is 1. The number of carbonyl (C=O) groups excluding carboxylic acids is 1. The van der Waals surface area contributed by atoms with Crippen molar-refractivity contribution in [3.8, 4) is 5.75 Å². The average molecular weight is 361 g/mol. The van der Waals surface area contributed by atoms with Crippen molar-refractivity contribution in [2.75, 3.05) is 10.6 Å². The maximum atomic E-state index is 12.5. The topological polar surface area (TPSA) is 63.2 Å². The molecule has 1 amide bonds. The van der Waals surface area contributed by atoms with E-state index in [-0.39, 0.29) is 12.0 Å². The van der Waals surface area contributed by atoms with Crippen LogP contribution in [0.2, 0.25) is 0 Å². The van der Waals surface area contributed by atoms with Crippen molar-refractivity contribution in [3.63, 3.8) is 0 Å². The van der Waals surface area contributed by atoms with E-state index in [9.17, 15) is 4.79 Å². The Bertz CT molecular complexity index is 904. The predicted octanol–water partition coefficient (Wildman–Crippen LogP) is 5.17. The Labute approximate surface area is 159 Å². The zero-order valence-electron chi connectivity index (χ0n) is 15.7. The van der Waals surface area contributed by atoms with Crippen LogP contribution in [0.4, 0.5) is 17.2 Å². The molecule has 0 spiro atoms. The third-order valence-corrected chi connectivity index (χ3v) is 3.83. The van der Waals surface area contributed by atoms with Crippen molar-refractivity contribution in [2.24, 2.45) is 0 Å². The van der Waals surface area contributed by atoms with Crippen LogP contribution in [0.1, 0.15) is 29.8 Å². The van der Waals surface area contributed by atoms with Gasteiger partial charge in [0.05, 0.1) is 6.10 Å². The quantitative estimate of drug-likeness (QED) is 0.635. The molecule has 0 aliphatic rings. The Morgan fingerprint density at radius 3 is 2.30 bits per heavy atom. The summed E-state index contributed by atoms with van der Waals surface area (Å²) in [6, 6.07) is 18.7. The lowest BCUT2D eigenvalue weighted by molar-refractivity contribution is 0.102. The Balaban J connectivity index is 1.67. The first-order valence-electron chi connectivity index (χ1n) is 8.87. The van der Waals surface area contributed by atoms with Gasteiger partial charge in [-0.1, -0.05) is 17.7 Å². The van der Waals surface area contributed by atoms with Gasteiger partial charge in [-0.25, -0.2) is 4.98 Å². The molecule has 5 heteroatoms. The minimum Gasteiger partial charge on any atom is -0.491 e. The Morgan fingerprint density at radius 2 is 1.63 bits per heavy atom.